The third-order valence-corrected chi connectivity index (χ3v) is 3.18. The van der Waals surface area contributed by atoms with E-state index in [9.17, 15) is 0 Å². The predicted octanol–water partition coefficient (Wildman–Crippen LogP) is 2.64. The Balaban J connectivity index is 2.46. The summed E-state index contributed by atoms with van der Waals surface area (Å²) >= 11 is 6.33. The Kier molecular flexibility index (Phi) is 3.50. The lowest BCUT2D eigenvalue weighted by molar-refractivity contribution is 0.863. The van der Waals surface area contributed by atoms with Crippen molar-refractivity contribution in [2.45, 2.75) is 20.3 Å². The van der Waals surface area contributed by atoms with Gasteiger partial charge in [0.2, 0.25) is 0 Å². The van der Waals surface area contributed by atoms with Crippen molar-refractivity contribution in [1.82, 2.24) is 9.78 Å². The Morgan fingerprint density at radius 2 is 1.88 bits per heavy atom. The smallest absolute Gasteiger partial charge is 0.136 e. The predicted molar refractivity (Wildman–Crippen MR) is 70.8 cm³/mol. The van der Waals surface area contributed by atoms with E-state index in [-0.39, 0.29) is 0 Å². The number of nitrogens with two attached hydrogens (primary N) is 1. The van der Waals surface area contributed by atoms with Crippen molar-refractivity contribution < 1.29 is 0 Å². The Morgan fingerprint density at radius 3 is 2.47 bits per heavy atom. The van der Waals surface area contributed by atoms with E-state index in [1.807, 2.05) is 31.2 Å². The Hall–Kier alpha value is -1.32. The van der Waals surface area contributed by atoms with Crippen molar-refractivity contribution in [1.29, 1.82) is 0 Å². The zero-order chi connectivity index (χ0) is 12.4. The third-order valence-electron chi connectivity index (χ3n) is 2.79. The highest BCUT2D eigenvalue weighted by Gasteiger charge is 2.13. The Bertz CT molecular complexity index is 514. The molecule has 0 aliphatic heterocycles. The second kappa shape index (κ2) is 4.90. The largest absolute Gasteiger partial charge is 0.330 e. The summed E-state index contributed by atoms with van der Waals surface area (Å²) in [6.45, 7) is 4.60. The van der Waals surface area contributed by atoms with E-state index >= 15 is 0 Å². The lowest BCUT2D eigenvalue weighted by Gasteiger charge is -2.03. The fourth-order valence-corrected chi connectivity index (χ4v) is 2.18. The van der Waals surface area contributed by atoms with Crippen LogP contribution in [0.3, 0.4) is 0 Å². The van der Waals surface area contributed by atoms with Crippen molar-refractivity contribution in [3.8, 4) is 5.69 Å². The first-order chi connectivity index (χ1) is 8.13. The summed E-state index contributed by atoms with van der Waals surface area (Å²) in [5.41, 5.74) is 9.75. The van der Waals surface area contributed by atoms with Gasteiger partial charge in [-0.05, 0) is 38.9 Å². The molecule has 0 atom stereocenters. The minimum atomic E-state index is 0.583. The molecule has 2 aromatic rings. The number of benzene rings is 1. The van der Waals surface area contributed by atoms with Gasteiger partial charge in [0, 0.05) is 5.56 Å². The molecule has 90 valence electrons. The SMILES string of the molecule is Cc1ccc(-n2nc(C)c(CCN)c2Cl)cc1. The summed E-state index contributed by atoms with van der Waals surface area (Å²) in [4.78, 5) is 0. The highest BCUT2D eigenvalue weighted by atomic mass is 35.5. The van der Waals surface area contributed by atoms with E-state index < -0.39 is 0 Å². The van der Waals surface area contributed by atoms with Gasteiger partial charge in [-0.3, -0.25) is 0 Å². The Labute approximate surface area is 106 Å². The average molecular weight is 250 g/mol. The summed E-state index contributed by atoms with van der Waals surface area (Å²) in [5, 5.41) is 5.12. The number of hydrogen-bond acceptors (Lipinski definition) is 2. The molecule has 2 rings (SSSR count). The van der Waals surface area contributed by atoms with Crippen LogP contribution in [0.2, 0.25) is 5.15 Å². The van der Waals surface area contributed by atoms with Gasteiger partial charge in [0.05, 0.1) is 11.4 Å². The van der Waals surface area contributed by atoms with Crippen molar-refractivity contribution in [2.24, 2.45) is 5.73 Å². The zero-order valence-electron chi connectivity index (χ0n) is 10.1. The van der Waals surface area contributed by atoms with Crippen LogP contribution in [0, 0.1) is 13.8 Å². The maximum absolute atomic E-state index is 6.33. The summed E-state index contributed by atoms with van der Waals surface area (Å²) in [6.07, 6.45) is 0.760. The van der Waals surface area contributed by atoms with Crippen LogP contribution in [0.1, 0.15) is 16.8 Å². The average Bonchev–Trinajstić information content (AvgIpc) is 2.59. The van der Waals surface area contributed by atoms with E-state index in [2.05, 4.69) is 12.0 Å². The highest BCUT2D eigenvalue weighted by Crippen LogP contribution is 2.23. The van der Waals surface area contributed by atoms with Gasteiger partial charge in [-0.1, -0.05) is 29.3 Å². The number of hydrogen-bond donors (Lipinski definition) is 1. The minimum absolute atomic E-state index is 0.583. The molecule has 0 saturated carbocycles. The molecule has 0 fully saturated rings. The standard InChI is InChI=1S/C13H16ClN3/c1-9-3-5-11(6-4-9)17-13(14)12(7-8-15)10(2)16-17/h3-6H,7-8,15H2,1-2H3. The van der Waals surface area contributed by atoms with Gasteiger partial charge in [0.15, 0.2) is 0 Å². The van der Waals surface area contributed by atoms with Gasteiger partial charge in [-0.15, -0.1) is 0 Å². The number of aryl methyl sites for hydroxylation is 2. The van der Waals surface area contributed by atoms with Crippen LogP contribution in [0.4, 0.5) is 0 Å². The maximum Gasteiger partial charge on any atom is 0.136 e. The molecule has 0 bridgehead atoms. The molecular formula is C13H16ClN3. The van der Waals surface area contributed by atoms with Crippen molar-refractivity contribution in [2.75, 3.05) is 6.54 Å². The molecule has 1 aromatic carbocycles. The summed E-state index contributed by atoms with van der Waals surface area (Å²) in [5.74, 6) is 0. The molecule has 0 amide bonds. The lowest BCUT2D eigenvalue weighted by Crippen LogP contribution is -2.03. The quantitative estimate of drug-likeness (QED) is 0.909. The van der Waals surface area contributed by atoms with Crippen LogP contribution in [-0.2, 0) is 6.42 Å². The highest BCUT2D eigenvalue weighted by molar-refractivity contribution is 6.30. The van der Waals surface area contributed by atoms with E-state index in [1.54, 1.807) is 4.68 Å². The topological polar surface area (TPSA) is 43.8 Å². The second-order valence-electron chi connectivity index (χ2n) is 4.14. The van der Waals surface area contributed by atoms with Gasteiger partial charge in [0.1, 0.15) is 5.15 Å². The number of rotatable bonds is 3. The van der Waals surface area contributed by atoms with Gasteiger partial charge < -0.3 is 5.73 Å². The molecule has 0 aliphatic carbocycles. The molecule has 0 unspecified atom stereocenters. The number of halogens is 1. The molecule has 0 spiro atoms. The van der Waals surface area contributed by atoms with Crippen LogP contribution in [-0.4, -0.2) is 16.3 Å². The monoisotopic (exact) mass is 249 g/mol. The zero-order valence-corrected chi connectivity index (χ0v) is 10.8. The number of aromatic nitrogens is 2. The van der Waals surface area contributed by atoms with Crippen LogP contribution in [0.25, 0.3) is 5.69 Å². The number of nitrogens with zero attached hydrogens (tertiary/aromatic N) is 2. The summed E-state index contributed by atoms with van der Waals surface area (Å²) in [6, 6.07) is 8.12. The normalized spacial score (nSPS) is 10.8. The van der Waals surface area contributed by atoms with Crippen LogP contribution in [0.5, 0.6) is 0 Å². The molecule has 1 aromatic heterocycles. The first-order valence-corrected chi connectivity index (χ1v) is 6.02. The fraction of sp³-hybridized carbons (Fsp3) is 0.308. The minimum Gasteiger partial charge on any atom is -0.330 e. The van der Waals surface area contributed by atoms with Gasteiger partial charge in [0.25, 0.3) is 0 Å². The molecule has 17 heavy (non-hydrogen) atoms. The summed E-state index contributed by atoms with van der Waals surface area (Å²) in [7, 11) is 0. The van der Waals surface area contributed by atoms with Crippen molar-refractivity contribution in [3.05, 3.63) is 46.2 Å². The van der Waals surface area contributed by atoms with Crippen molar-refractivity contribution in [3.63, 3.8) is 0 Å². The third kappa shape index (κ3) is 2.35. The molecule has 1 heterocycles. The van der Waals surface area contributed by atoms with E-state index in [0.717, 1.165) is 23.4 Å². The molecule has 3 nitrogen and oxygen atoms in total. The fourth-order valence-electron chi connectivity index (χ4n) is 1.82. The van der Waals surface area contributed by atoms with Crippen LogP contribution < -0.4 is 5.73 Å². The van der Waals surface area contributed by atoms with E-state index in [4.69, 9.17) is 17.3 Å². The summed E-state index contributed by atoms with van der Waals surface area (Å²) < 4.78 is 1.77. The van der Waals surface area contributed by atoms with Crippen LogP contribution in [0.15, 0.2) is 24.3 Å². The molecular weight excluding hydrogens is 234 g/mol. The molecule has 2 N–H and O–H groups in total. The maximum atomic E-state index is 6.33. The molecule has 4 heteroatoms. The van der Waals surface area contributed by atoms with Gasteiger partial charge in [-0.25, -0.2) is 4.68 Å². The van der Waals surface area contributed by atoms with Crippen molar-refractivity contribution >= 4 is 11.6 Å². The van der Waals surface area contributed by atoms with Gasteiger partial charge >= 0.3 is 0 Å². The first kappa shape index (κ1) is 12.1. The van der Waals surface area contributed by atoms with E-state index in [0.29, 0.717) is 11.7 Å². The van der Waals surface area contributed by atoms with E-state index in [1.165, 1.54) is 5.56 Å². The van der Waals surface area contributed by atoms with Gasteiger partial charge in [-0.2, -0.15) is 5.10 Å². The molecule has 0 saturated heterocycles. The lowest BCUT2D eigenvalue weighted by atomic mass is 10.2. The molecule has 0 radical (unpaired) electrons. The first-order valence-electron chi connectivity index (χ1n) is 5.64. The van der Waals surface area contributed by atoms with Crippen LogP contribution >= 0.6 is 11.6 Å². The second-order valence-corrected chi connectivity index (χ2v) is 4.50. The molecule has 0 aliphatic rings. The Morgan fingerprint density at radius 1 is 1.24 bits per heavy atom.